The molecule has 0 unspecified atom stereocenters. The van der Waals surface area contributed by atoms with Gasteiger partial charge in [0, 0.05) is 30.9 Å². The largest absolute Gasteiger partial charge is 0.462 e. The summed E-state index contributed by atoms with van der Waals surface area (Å²) in [5.41, 5.74) is 1.76. The van der Waals surface area contributed by atoms with Crippen LogP contribution in [0.25, 0.3) is 11.1 Å². The van der Waals surface area contributed by atoms with Gasteiger partial charge in [0.05, 0.1) is 6.26 Å². The van der Waals surface area contributed by atoms with Gasteiger partial charge in [0.1, 0.15) is 17.2 Å². The van der Waals surface area contributed by atoms with E-state index in [1.807, 2.05) is 6.07 Å². The molecule has 1 atom stereocenters. The molecule has 2 amide bonds. The Balaban J connectivity index is 1.64. The quantitative estimate of drug-likeness (QED) is 0.934. The number of alkyl carbamates (subject to hydrolysis) is 1. The summed E-state index contributed by atoms with van der Waals surface area (Å²) in [7, 11) is 0. The van der Waals surface area contributed by atoms with E-state index in [2.05, 4.69) is 10.3 Å². The Morgan fingerprint density at radius 2 is 2.25 bits per heavy atom. The molecule has 0 radical (unpaired) electrons. The lowest BCUT2D eigenvalue weighted by atomic mass is 10.2. The molecule has 128 valence electrons. The number of amides is 2. The van der Waals surface area contributed by atoms with Crippen molar-refractivity contribution in [1.82, 2.24) is 15.2 Å². The topological polar surface area (TPSA) is 84.7 Å². The Hall–Kier alpha value is -2.57. The van der Waals surface area contributed by atoms with E-state index < -0.39 is 17.7 Å². The van der Waals surface area contributed by atoms with Crippen LogP contribution in [0.5, 0.6) is 0 Å². The number of nitrogens with zero attached hydrogens (tertiary/aromatic N) is 2. The summed E-state index contributed by atoms with van der Waals surface area (Å²) in [6.45, 7) is 6.36. The molecule has 1 aliphatic heterocycles. The number of furan rings is 1. The van der Waals surface area contributed by atoms with E-state index in [4.69, 9.17) is 9.15 Å². The number of ether oxygens (including phenoxy) is 1. The number of carbonyl (C=O) groups is 2. The van der Waals surface area contributed by atoms with Crippen molar-refractivity contribution in [1.29, 1.82) is 0 Å². The molecule has 24 heavy (non-hydrogen) atoms. The van der Waals surface area contributed by atoms with Gasteiger partial charge in [-0.2, -0.15) is 0 Å². The summed E-state index contributed by atoms with van der Waals surface area (Å²) in [5.74, 6) is -0.114. The van der Waals surface area contributed by atoms with E-state index in [0.717, 1.165) is 11.1 Å². The second-order valence-electron chi connectivity index (χ2n) is 6.85. The molecule has 1 saturated heterocycles. The molecule has 7 nitrogen and oxygen atoms in total. The van der Waals surface area contributed by atoms with Crippen LogP contribution in [0.3, 0.4) is 0 Å². The van der Waals surface area contributed by atoms with Crippen LogP contribution in [0.4, 0.5) is 4.79 Å². The van der Waals surface area contributed by atoms with Gasteiger partial charge in [0.25, 0.3) is 0 Å². The van der Waals surface area contributed by atoms with Crippen LogP contribution in [0.1, 0.15) is 32.8 Å². The van der Waals surface area contributed by atoms with Crippen LogP contribution in [0, 0.1) is 0 Å². The first kappa shape index (κ1) is 16.3. The fraction of sp³-hybridized carbons (Fsp3) is 0.471. The summed E-state index contributed by atoms with van der Waals surface area (Å²) in [6, 6.07) is 3.08. The van der Waals surface area contributed by atoms with Crippen LogP contribution in [0.2, 0.25) is 0 Å². The Bertz CT molecular complexity index is 763. The summed E-state index contributed by atoms with van der Waals surface area (Å²) < 4.78 is 10.7. The van der Waals surface area contributed by atoms with Gasteiger partial charge in [0.2, 0.25) is 5.91 Å². The minimum absolute atomic E-state index is 0.114. The summed E-state index contributed by atoms with van der Waals surface area (Å²) in [4.78, 5) is 30.3. The van der Waals surface area contributed by atoms with Crippen molar-refractivity contribution in [2.75, 3.05) is 6.54 Å². The van der Waals surface area contributed by atoms with Crippen LogP contribution in [0.15, 0.2) is 29.0 Å². The first-order chi connectivity index (χ1) is 11.3. The number of pyridine rings is 1. The lowest BCUT2D eigenvalue weighted by Gasteiger charge is -2.21. The first-order valence-electron chi connectivity index (χ1n) is 7.93. The number of nitrogens with one attached hydrogen (secondary N) is 1. The number of hydrogen-bond donors (Lipinski definition) is 1. The monoisotopic (exact) mass is 331 g/mol. The van der Waals surface area contributed by atoms with E-state index in [1.54, 1.807) is 44.2 Å². The molecule has 1 fully saturated rings. The van der Waals surface area contributed by atoms with Crippen molar-refractivity contribution in [3.8, 4) is 0 Å². The van der Waals surface area contributed by atoms with Gasteiger partial charge >= 0.3 is 6.09 Å². The molecule has 0 bridgehead atoms. The van der Waals surface area contributed by atoms with Crippen molar-refractivity contribution in [3.63, 3.8) is 0 Å². The molecule has 3 heterocycles. The number of likely N-dealkylation sites (tertiary alicyclic amines) is 1. The lowest BCUT2D eigenvalue weighted by Crippen LogP contribution is -2.43. The molecule has 0 saturated carbocycles. The third-order valence-electron chi connectivity index (χ3n) is 3.78. The maximum absolute atomic E-state index is 12.5. The highest BCUT2D eigenvalue weighted by Crippen LogP contribution is 2.22. The van der Waals surface area contributed by atoms with Gasteiger partial charge in [-0.1, -0.05) is 0 Å². The average molecular weight is 331 g/mol. The summed E-state index contributed by atoms with van der Waals surface area (Å²) in [5, 5.41) is 2.64. The van der Waals surface area contributed by atoms with Gasteiger partial charge in [-0.05, 0) is 33.3 Å². The Labute approximate surface area is 140 Å². The molecular formula is C17H21N3O4. The van der Waals surface area contributed by atoms with Crippen molar-refractivity contribution in [3.05, 3.63) is 30.2 Å². The van der Waals surface area contributed by atoms with Crippen molar-refractivity contribution in [2.24, 2.45) is 0 Å². The van der Waals surface area contributed by atoms with Crippen molar-refractivity contribution < 1.29 is 18.7 Å². The summed E-state index contributed by atoms with van der Waals surface area (Å²) in [6.07, 6.45) is 3.27. The molecule has 2 aromatic heterocycles. The molecule has 7 heteroatoms. The van der Waals surface area contributed by atoms with E-state index >= 15 is 0 Å². The van der Waals surface area contributed by atoms with Gasteiger partial charge in [-0.25, -0.2) is 4.79 Å². The van der Waals surface area contributed by atoms with Crippen molar-refractivity contribution >= 4 is 23.1 Å². The normalized spacial score (nSPS) is 18.2. The Kier molecular flexibility index (Phi) is 4.17. The van der Waals surface area contributed by atoms with E-state index in [0.29, 0.717) is 25.1 Å². The molecule has 0 spiro atoms. The zero-order valence-corrected chi connectivity index (χ0v) is 14.0. The maximum Gasteiger partial charge on any atom is 0.408 e. The number of fused-ring (bicyclic) bond motifs is 1. The van der Waals surface area contributed by atoms with Gasteiger partial charge < -0.3 is 19.4 Å². The van der Waals surface area contributed by atoms with Gasteiger partial charge in [-0.15, -0.1) is 0 Å². The van der Waals surface area contributed by atoms with Crippen LogP contribution >= 0.6 is 0 Å². The highest BCUT2D eigenvalue weighted by Gasteiger charge is 2.34. The van der Waals surface area contributed by atoms with Crippen molar-refractivity contribution in [2.45, 2.75) is 45.4 Å². The van der Waals surface area contributed by atoms with E-state index in [-0.39, 0.29) is 5.91 Å². The number of aromatic nitrogens is 1. The standard InChI is InChI=1S/C17H21N3O4/c1-17(2,3)24-16(22)19-13-5-8-20(15(13)21)10-11-4-7-18-12-6-9-23-14(11)12/h4,6-7,9,13H,5,8,10H2,1-3H3,(H,19,22)/t13-/m0/s1. The summed E-state index contributed by atoms with van der Waals surface area (Å²) >= 11 is 0. The van der Waals surface area contributed by atoms with Gasteiger partial charge in [0.15, 0.2) is 5.58 Å². The van der Waals surface area contributed by atoms with Gasteiger partial charge in [-0.3, -0.25) is 9.78 Å². The Morgan fingerprint density at radius 3 is 3.00 bits per heavy atom. The second-order valence-corrected chi connectivity index (χ2v) is 6.85. The average Bonchev–Trinajstić information content (AvgIpc) is 3.07. The predicted molar refractivity (Wildman–Crippen MR) is 87.2 cm³/mol. The molecule has 0 aromatic carbocycles. The minimum atomic E-state index is -0.590. The fourth-order valence-corrected chi connectivity index (χ4v) is 2.74. The second kappa shape index (κ2) is 6.14. The molecule has 1 aliphatic rings. The van der Waals surface area contributed by atoms with Crippen LogP contribution in [-0.2, 0) is 16.1 Å². The molecule has 0 aliphatic carbocycles. The Morgan fingerprint density at radius 1 is 1.46 bits per heavy atom. The van der Waals surface area contributed by atoms with Crippen LogP contribution in [-0.4, -0.2) is 40.1 Å². The van der Waals surface area contributed by atoms with E-state index in [1.165, 1.54) is 0 Å². The highest BCUT2D eigenvalue weighted by molar-refractivity contribution is 5.88. The molecule has 2 aromatic rings. The number of hydrogen-bond acceptors (Lipinski definition) is 5. The smallest absolute Gasteiger partial charge is 0.408 e. The molecule has 3 rings (SSSR count). The lowest BCUT2D eigenvalue weighted by molar-refractivity contribution is -0.129. The van der Waals surface area contributed by atoms with E-state index in [9.17, 15) is 9.59 Å². The first-order valence-corrected chi connectivity index (χ1v) is 7.93. The third kappa shape index (κ3) is 3.50. The molecular weight excluding hydrogens is 310 g/mol. The number of carbonyl (C=O) groups excluding carboxylic acids is 2. The SMILES string of the molecule is CC(C)(C)OC(=O)N[C@H]1CCN(Cc2ccnc3ccoc23)C1=O. The number of rotatable bonds is 3. The maximum atomic E-state index is 12.5. The zero-order chi connectivity index (χ0) is 17.3. The molecule has 1 N–H and O–H groups in total. The zero-order valence-electron chi connectivity index (χ0n) is 14.0. The fourth-order valence-electron chi connectivity index (χ4n) is 2.74. The minimum Gasteiger partial charge on any atom is -0.462 e. The van der Waals surface area contributed by atoms with Crippen LogP contribution < -0.4 is 5.32 Å². The predicted octanol–water partition coefficient (Wildman–Crippen LogP) is 2.45. The third-order valence-corrected chi connectivity index (χ3v) is 3.78. The highest BCUT2D eigenvalue weighted by atomic mass is 16.6.